The summed E-state index contributed by atoms with van der Waals surface area (Å²) in [6.07, 6.45) is 1.75. The van der Waals surface area contributed by atoms with Crippen molar-refractivity contribution in [3.63, 3.8) is 0 Å². The van der Waals surface area contributed by atoms with Gasteiger partial charge in [-0.05, 0) is 37.1 Å². The normalized spacial score (nSPS) is 18.9. The minimum Gasteiger partial charge on any atom is -0.372 e. The smallest absolute Gasteiger partial charge is 0.372 e. The Morgan fingerprint density at radius 2 is 1.32 bits per heavy atom. The molecule has 1 atom stereocenters. The van der Waals surface area contributed by atoms with E-state index in [1.807, 2.05) is 4.90 Å². The van der Waals surface area contributed by atoms with Gasteiger partial charge in [0.25, 0.3) is 0 Å². The number of benzene rings is 1. The maximum Gasteiger partial charge on any atom is 0.519 e. The van der Waals surface area contributed by atoms with Crippen LogP contribution in [-0.4, -0.2) is 36.7 Å². The molecule has 1 aliphatic rings. The molecule has 142 valence electrons. The molecule has 0 unspecified atom stereocenters. The number of hydrogen-bond donors (Lipinski definition) is 0. The lowest BCUT2D eigenvalue weighted by Gasteiger charge is -2.19. The van der Waals surface area contributed by atoms with Crippen LogP contribution in [0.5, 0.6) is 0 Å². The van der Waals surface area contributed by atoms with Crippen molar-refractivity contribution in [3.8, 4) is 0 Å². The summed E-state index contributed by atoms with van der Waals surface area (Å²) in [7, 11) is -12.5. The van der Waals surface area contributed by atoms with Crippen LogP contribution < -0.4 is 4.90 Å². The molecule has 0 amide bonds. The summed E-state index contributed by atoms with van der Waals surface area (Å²) in [6.45, 7) is 1.31. The highest BCUT2D eigenvalue weighted by atomic mass is 32.3. The third kappa shape index (κ3) is 3.86. The van der Waals surface area contributed by atoms with Gasteiger partial charge in [-0.3, -0.25) is 0 Å². The Morgan fingerprint density at radius 1 is 0.840 bits per heavy atom. The summed E-state index contributed by atoms with van der Waals surface area (Å²) >= 11 is 0. The zero-order chi connectivity index (χ0) is 19.1. The van der Waals surface area contributed by atoms with Crippen LogP contribution in [0, 0.1) is 0 Å². The molecular weight excluding hydrogens is 398 g/mol. The molecule has 0 N–H and O–H groups in total. The van der Waals surface area contributed by atoms with Gasteiger partial charge in [0, 0.05) is 18.8 Å². The van der Waals surface area contributed by atoms with Gasteiger partial charge in [-0.25, -0.2) is 4.21 Å². The van der Waals surface area contributed by atoms with Gasteiger partial charge < -0.3 is 4.90 Å². The lowest BCUT2D eigenvalue weighted by atomic mass is 10.3. The molecule has 1 aromatic carbocycles. The number of alkyl halides is 6. The molecule has 5 nitrogen and oxygen atoms in total. The molecule has 25 heavy (non-hydrogen) atoms. The average molecular weight is 410 g/mol. The molecule has 13 heteroatoms. The first-order chi connectivity index (χ1) is 11.3. The molecule has 0 saturated carbocycles. The quantitative estimate of drug-likeness (QED) is 0.716. The Morgan fingerprint density at radius 3 is 1.72 bits per heavy atom. The molecule has 1 aliphatic heterocycles. The van der Waals surface area contributed by atoms with Crippen LogP contribution in [0.4, 0.5) is 32.0 Å². The van der Waals surface area contributed by atoms with Crippen LogP contribution in [0.2, 0.25) is 0 Å². The minimum atomic E-state index is -6.59. The Bertz CT molecular complexity index is 846. The fourth-order valence-corrected chi connectivity index (χ4v) is 5.11. The van der Waals surface area contributed by atoms with E-state index in [4.69, 9.17) is 0 Å². The van der Waals surface area contributed by atoms with E-state index in [0.717, 1.165) is 25.0 Å². The molecule has 0 aromatic heterocycles. The zero-order valence-corrected chi connectivity index (χ0v) is 14.0. The molecule has 0 radical (unpaired) electrons. The monoisotopic (exact) mass is 410 g/mol. The lowest BCUT2D eigenvalue weighted by Crippen LogP contribution is -2.28. The van der Waals surface area contributed by atoms with Gasteiger partial charge >= 0.3 is 21.0 Å². The van der Waals surface area contributed by atoms with E-state index in [1.165, 1.54) is 0 Å². The average Bonchev–Trinajstić information content (AvgIpc) is 2.98. The molecule has 0 aliphatic carbocycles. The van der Waals surface area contributed by atoms with Crippen LogP contribution >= 0.6 is 0 Å². The fraction of sp³-hybridized carbons (Fsp3) is 0.500. The maximum absolute atomic E-state index is 13.1. The van der Waals surface area contributed by atoms with Crippen LogP contribution in [-0.2, 0) is 19.8 Å². The van der Waals surface area contributed by atoms with E-state index in [2.05, 4.69) is 0 Å². The fourth-order valence-electron chi connectivity index (χ4n) is 2.22. The largest absolute Gasteiger partial charge is 0.519 e. The first-order valence-corrected chi connectivity index (χ1v) is 9.74. The third-order valence-electron chi connectivity index (χ3n) is 3.44. The maximum atomic E-state index is 13.1. The van der Waals surface area contributed by atoms with E-state index in [1.54, 1.807) is 3.77 Å². The van der Waals surface area contributed by atoms with Gasteiger partial charge in [-0.1, -0.05) is 3.77 Å². The SMILES string of the molecule is O=S(=O)(N=[S@@](=O)(c1ccc(N2CCCC2)cc1)C(F)(F)F)C(F)(F)F. The van der Waals surface area contributed by atoms with Crippen molar-refractivity contribution in [2.45, 2.75) is 28.8 Å². The minimum absolute atomic E-state index is 0.490. The summed E-state index contributed by atoms with van der Waals surface area (Å²) < 4.78 is 112. The summed E-state index contributed by atoms with van der Waals surface area (Å²) in [5.74, 6) is 0. The van der Waals surface area contributed by atoms with Crippen molar-refractivity contribution >= 4 is 25.4 Å². The summed E-state index contributed by atoms with van der Waals surface area (Å²) in [4.78, 5) is 0.666. The highest BCUT2D eigenvalue weighted by molar-refractivity contribution is 8.04. The van der Waals surface area contributed by atoms with Gasteiger partial charge in [-0.15, -0.1) is 0 Å². The van der Waals surface area contributed by atoms with Crippen molar-refractivity contribution in [3.05, 3.63) is 24.3 Å². The number of anilines is 1. The van der Waals surface area contributed by atoms with Crippen molar-refractivity contribution < 1.29 is 39.0 Å². The Labute approximate surface area is 139 Å². The summed E-state index contributed by atoms with van der Waals surface area (Å²) in [5.41, 5.74) is -11.4. The molecular formula is C12H12F6N2O3S2. The number of sulfonamides is 1. The van der Waals surface area contributed by atoms with Crippen LogP contribution in [0.25, 0.3) is 0 Å². The Balaban J connectivity index is 2.57. The van der Waals surface area contributed by atoms with Crippen LogP contribution in [0.3, 0.4) is 0 Å². The van der Waals surface area contributed by atoms with E-state index in [0.29, 0.717) is 30.9 Å². The predicted molar refractivity (Wildman–Crippen MR) is 77.8 cm³/mol. The molecule has 0 bridgehead atoms. The first kappa shape index (κ1) is 19.8. The van der Waals surface area contributed by atoms with Crippen molar-refractivity contribution in [1.82, 2.24) is 0 Å². The number of halogens is 6. The van der Waals surface area contributed by atoms with Gasteiger partial charge in [-0.2, -0.15) is 34.8 Å². The van der Waals surface area contributed by atoms with E-state index >= 15 is 0 Å². The van der Waals surface area contributed by atoms with Gasteiger partial charge in [0.05, 0.1) is 4.90 Å². The van der Waals surface area contributed by atoms with Gasteiger partial charge in [0.2, 0.25) is 0 Å². The second-order valence-corrected chi connectivity index (χ2v) is 9.15. The van der Waals surface area contributed by atoms with Crippen molar-refractivity contribution in [2.75, 3.05) is 18.0 Å². The second kappa shape index (κ2) is 6.34. The summed E-state index contributed by atoms with van der Waals surface area (Å²) in [5, 5.41) is 0. The number of nitrogens with zero attached hydrogens (tertiary/aromatic N) is 2. The van der Waals surface area contributed by atoms with Crippen LogP contribution in [0.1, 0.15) is 12.8 Å². The highest BCUT2D eigenvalue weighted by Crippen LogP contribution is 2.37. The number of rotatable bonds is 3. The Kier molecular flexibility index (Phi) is 5.03. The van der Waals surface area contributed by atoms with Crippen molar-refractivity contribution in [1.29, 1.82) is 0 Å². The van der Waals surface area contributed by atoms with Crippen molar-refractivity contribution in [2.24, 2.45) is 3.77 Å². The predicted octanol–water partition coefficient (Wildman–Crippen LogP) is 3.48. The molecule has 2 rings (SSSR count). The zero-order valence-electron chi connectivity index (χ0n) is 12.3. The molecule has 1 fully saturated rings. The first-order valence-electron chi connectivity index (χ1n) is 6.79. The van der Waals surface area contributed by atoms with Gasteiger partial charge in [0.15, 0.2) is 9.73 Å². The van der Waals surface area contributed by atoms with Crippen LogP contribution in [0.15, 0.2) is 32.9 Å². The third-order valence-corrected chi connectivity index (χ3v) is 7.19. The molecule has 1 heterocycles. The van der Waals surface area contributed by atoms with E-state index in [-0.39, 0.29) is 0 Å². The standard InChI is InChI=1S/C12H12F6N2O3S2/c13-11(14,15)24(21,19-25(22,23)12(16,17)18)10-5-3-9(4-6-10)20-7-1-2-8-20/h3-6H,1-2,7-8H2/t24-/m1/s1. The van der Waals surface area contributed by atoms with E-state index < -0.39 is 35.7 Å². The second-order valence-electron chi connectivity index (χ2n) is 5.15. The van der Waals surface area contributed by atoms with Gasteiger partial charge in [0.1, 0.15) is 0 Å². The highest BCUT2D eigenvalue weighted by Gasteiger charge is 2.52. The number of hydrogen-bond acceptors (Lipinski definition) is 4. The molecule has 1 saturated heterocycles. The summed E-state index contributed by atoms with van der Waals surface area (Å²) in [6, 6.07) is 3.64. The lowest BCUT2D eigenvalue weighted by molar-refractivity contribution is -0.0442. The molecule has 0 spiro atoms. The molecule has 1 aromatic rings. The topological polar surface area (TPSA) is 66.8 Å². The Hall–Kier alpha value is -1.50. The van der Waals surface area contributed by atoms with E-state index in [9.17, 15) is 39.0 Å².